The summed E-state index contributed by atoms with van der Waals surface area (Å²) in [6, 6.07) is 9.62. The Morgan fingerprint density at radius 2 is 1.72 bits per heavy atom. The Morgan fingerprint density at radius 3 is 2.32 bits per heavy atom. The SMILES string of the molecule is Cc1ccc(Cl)cc1NC(=O)[C@@H](NC(=O)c1ccc(F)cc1)C(C)C. The van der Waals surface area contributed by atoms with E-state index in [9.17, 15) is 14.0 Å². The zero-order valence-electron chi connectivity index (χ0n) is 14.3. The molecule has 2 aromatic carbocycles. The minimum atomic E-state index is -0.740. The molecule has 0 saturated carbocycles. The van der Waals surface area contributed by atoms with Gasteiger partial charge in [0.05, 0.1) is 0 Å². The zero-order chi connectivity index (χ0) is 18.6. The summed E-state index contributed by atoms with van der Waals surface area (Å²) in [4.78, 5) is 24.9. The van der Waals surface area contributed by atoms with Gasteiger partial charge in [-0.15, -0.1) is 0 Å². The van der Waals surface area contributed by atoms with Gasteiger partial charge >= 0.3 is 0 Å². The molecule has 0 bridgehead atoms. The van der Waals surface area contributed by atoms with Gasteiger partial charge in [0.25, 0.3) is 5.91 Å². The number of anilines is 1. The van der Waals surface area contributed by atoms with Gasteiger partial charge in [-0.3, -0.25) is 9.59 Å². The molecule has 0 heterocycles. The second-order valence-electron chi connectivity index (χ2n) is 6.15. The van der Waals surface area contributed by atoms with E-state index in [1.54, 1.807) is 18.2 Å². The van der Waals surface area contributed by atoms with Crippen LogP contribution in [0.25, 0.3) is 0 Å². The van der Waals surface area contributed by atoms with Crippen LogP contribution in [0, 0.1) is 18.7 Å². The van der Waals surface area contributed by atoms with E-state index in [0.29, 0.717) is 16.3 Å². The van der Waals surface area contributed by atoms with Gasteiger partial charge < -0.3 is 10.6 Å². The molecule has 0 aliphatic carbocycles. The van der Waals surface area contributed by atoms with Gasteiger partial charge in [-0.25, -0.2) is 4.39 Å². The van der Waals surface area contributed by atoms with E-state index in [1.165, 1.54) is 24.3 Å². The molecule has 2 amide bonds. The van der Waals surface area contributed by atoms with Crippen molar-refractivity contribution in [3.63, 3.8) is 0 Å². The van der Waals surface area contributed by atoms with Crippen LogP contribution in [-0.2, 0) is 4.79 Å². The summed E-state index contributed by atoms with van der Waals surface area (Å²) < 4.78 is 13.0. The van der Waals surface area contributed by atoms with E-state index < -0.39 is 17.8 Å². The number of halogens is 2. The number of hydrogen-bond donors (Lipinski definition) is 2. The molecule has 2 aromatic rings. The van der Waals surface area contributed by atoms with Crippen molar-refractivity contribution in [2.24, 2.45) is 5.92 Å². The first kappa shape index (κ1) is 18.9. The van der Waals surface area contributed by atoms with Crippen LogP contribution >= 0.6 is 11.6 Å². The average Bonchev–Trinajstić information content (AvgIpc) is 2.56. The summed E-state index contributed by atoms with van der Waals surface area (Å²) in [5.74, 6) is -1.33. The quantitative estimate of drug-likeness (QED) is 0.838. The number of carbonyl (C=O) groups excluding carboxylic acids is 2. The lowest BCUT2D eigenvalue weighted by Gasteiger charge is -2.22. The van der Waals surface area contributed by atoms with Crippen molar-refractivity contribution in [2.45, 2.75) is 26.8 Å². The van der Waals surface area contributed by atoms with E-state index >= 15 is 0 Å². The third-order valence-corrected chi connectivity index (χ3v) is 4.03. The van der Waals surface area contributed by atoms with Gasteiger partial charge in [0.2, 0.25) is 5.91 Å². The first-order valence-corrected chi connectivity index (χ1v) is 8.29. The molecule has 0 saturated heterocycles. The Labute approximate surface area is 151 Å². The number of benzene rings is 2. The van der Waals surface area contributed by atoms with Crippen molar-refractivity contribution in [3.05, 3.63) is 64.4 Å². The molecule has 0 aromatic heterocycles. The van der Waals surface area contributed by atoms with Gasteiger partial charge in [-0.1, -0.05) is 31.5 Å². The molecule has 25 heavy (non-hydrogen) atoms. The summed E-state index contributed by atoms with van der Waals surface area (Å²) >= 11 is 5.97. The number of carbonyl (C=O) groups is 2. The molecule has 132 valence electrons. The topological polar surface area (TPSA) is 58.2 Å². The molecular weight excluding hydrogens is 343 g/mol. The van der Waals surface area contributed by atoms with Gasteiger partial charge in [0.15, 0.2) is 0 Å². The maximum atomic E-state index is 13.0. The van der Waals surface area contributed by atoms with Crippen LogP contribution in [0.4, 0.5) is 10.1 Å². The average molecular weight is 363 g/mol. The number of rotatable bonds is 5. The Kier molecular flexibility index (Phi) is 6.15. The summed E-state index contributed by atoms with van der Waals surface area (Å²) in [6.45, 7) is 5.52. The highest BCUT2D eigenvalue weighted by Gasteiger charge is 2.25. The van der Waals surface area contributed by atoms with E-state index in [-0.39, 0.29) is 11.8 Å². The molecule has 1 atom stereocenters. The normalized spacial score (nSPS) is 11.9. The largest absolute Gasteiger partial charge is 0.340 e. The van der Waals surface area contributed by atoms with Crippen molar-refractivity contribution >= 4 is 29.1 Å². The van der Waals surface area contributed by atoms with Crippen LogP contribution in [0.5, 0.6) is 0 Å². The van der Waals surface area contributed by atoms with E-state index in [0.717, 1.165) is 5.56 Å². The Bertz CT molecular complexity index is 775. The van der Waals surface area contributed by atoms with Crippen LogP contribution in [-0.4, -0.2) is 17.9 Å². The van der Waals surface area contributed by atoms with E-state index in [2.05, 4.69) is 10.6 Å². The highest BCUT2D eigenvalue weighted by atomic mass is 35.5. The van der Waals surface area contributed by atoms with Gasteiger partial charge in [-0.05, 0) is 54.8 Å². The van der Waals surface area contributed by atoms with Crippen molar-refractivity contribution in [3.8, 4) is 0 Å². The van der Waals surface area contributed by atoms with E-state index in [1.807, 2.05) is 20.8 Å². The predicted octanol–water partition coefficient (Wildman–Crippen LogP) is 4.18. The molecule has 6 heteroatoms. The smallest absolute Gasteiger partial charge is 0.251 e. The standard InChI is InChI=1S/C19H20ClFN2O2/c1-11(2)17(23-18(24)13-5-8-15(21)9-6-13)19(25)22-16-10-14(20)7-4-12(16)3/h4-11,17H,1-3H3,(H,22,25)(H,23,24)/t17-/m0/s1. The van der Waals surface area contributed by atoms with Crippen molar-refractivity contribution in [1.29, 1.82) is 0 Å². The minimum Gasteiger partial charge on any atom is -0.340 e. The van der Waals surface area contributed by atoms with Gasteiger partial charge in [0.1, 0.15) is 11.9 Å². The zero-order valence-corrected chi connectivity index (χ0v) is 15.0. The molecule has 0 radical (unpaired) electrons. The monoisotopic (exact) mass is 362 g/mol. The van der Waals surface area contributed by atoms with Crippen LogP contribution in [0.3, 0.4) is 0 Å². The lowest BCUT2D eigenvalue weighted by Crippen LogP contribution is -2.47. The Hall–Kier alpha value is -2.40. The fraction of sp³-hybridized carbons (Fsp3) is 0.263. The van der Waals surface area contributed by atoms with Crippen molar-refractivity contribution in [1.82, 2.24) is 5.32 Å². The first-order valence-electron chi connectivity index (χ1n) is 7.91. The molecule has 0 spiro atoms. The third-order valence-electron chi connectivity index (χ3n) is 3.80. The van der Waals surface area contributed by atoms with Crippen LogP contribution in [0.2, 0.25) is 5.02 Å². The second-order valence-corrected chi connectivity index (χ2v) is 6.59. The molecule has 0 fully saturated rings. The van der Waals surface area contributed by atoms with Gasteiger partial charge in [0, 0.05) is 16.3 Å². The minimum absolute atomic E-state index is 0.135. The number of nitrogens with one attached hydrogen (secondary N) is 2. The first-order chi connectivity index (χ1) is 11.8. The van der Waals surface area contributed by atoms with Crippen LogP contribution < -0.4 is 10.6 Å². The molecular formula is C19H20ClFN2O2. The molecule has 0 unspecified atom stereocenters. The van der Waals surface area contributed by atoms with Crippen molar-refractivity contribution in [2.75, 3.05) is 5.32 Å². The van der Waals surface area contributed by atoms with Crippen LogP contribution in [0.1, 0.15) is 29.8 Å². The van der Waals surface area contributed by atoms with Crippen molar-refractivity contribution < 1.29 is 14.0 Å². The fourth-order valence-electron chi connectivity index (χ4n) is 2.30. The summed E-state index contributed by atoms with van der Waals surface area (Å²) in [5.41, 5.74) is 1.75. The number of amides is 2. The second kappa shape index (κ2) is 8.12. The predicted molar refractivity (Wildman–Crippen MR) is 97.3 cm³/mol. The molecule has 4 nitrogen and oxygen atoms in total. The molecule has 0 aliphatic heterocycles. The lowest BCUT2D eigenvalue weighted by molar-refractivity contribution is -0.118. The highest BCUT2D eigenvalue weighted by molar-refractivity contribution is 6.31. The molecule has 2 rings (SSSR count). The van der Waals surface area contributed by atoms with Gasteiger partial charge in [-0.2, -0.15) is 0 Å². The highest BCUT2D eigenvalue weighted by Crippen LogP contribution is 2.21. The fourth-order valence-corrected chi connectivity index (χ4v) is 2.47. The Morgan fingerprint density at radius 1 is 1.08 bits per heavy atom. The van der Waals surface area contributed by atoms with E-state index in [4.69, 9.17) is 11.6 Å². The summed E-state index contributed by atoms with van der Waals surface area (Å²) in [6.07, 6.45) is 0. The maximum Gasteiger partial charge on any atom is 0.251 e. The number of aryl methyl sites for hydroxylation is 1. The molecule has 2 N–H and O–H groups in total. The maximum absolute atomic E-state index is 13.0. The third kappa shape index (κ3) is 5.03. The summed E-state index contributed by atoms with van der Waals surface area (Å²) in [7, 11) is 0. The van der Waals surface area contributed by atoms with Crippen LogP contribution in [0.15, 0.2) is 42.5 Å². The molecule has 0 aliphatic rings. The number of hydrogen-bond acceptors (Lipinski definition) is 2. The Balaban J connectivity index is 2.14. The summed E-state index contributed by atoms with van der Waals surface area (Å²) in [5, 5.41) is 6.01. The lowest BCUT2D eigenvalue weighted by atomic mass is 10.0.